The molecule has 0 atom stereocenters. The number of imidazole rings is 1. The molecule has 26 heavy (non-hydrogen) atoms. The number of fused-ring (bicyclic) bond motifs is 3. The lowest BCUT2D eigenvalue weighted by molar-refractivity contribution is 0.0297. The van der Waals surface area contributed by atoms with Crippen molar-refractivity contribution in [3.63, 3.8) is 0 Å². The number of carbonyl (C=O) groups excluding carboxylic acids is 1. The highest BCUT2D eigenvalue weighted by molar-refractivity contribution is 5.95. The van der Waals surface area contributed by atoms with Gasteiger partial charge >= 0.3 is 6.01 Å². The Hall–Kier alpha value is -3.13. The van der Waals surface area contributed by atoms with Crippen LogP contribution >= 0.6 is 0 Å². The molecule has 1 saturated heterocycles. The zero-order chi connectivity index (χ0) is 17.5. The minimum absolute atomic E-state index is 0.0913. The molecule has 1 fully saturated rings. The van der Waals surface area contributed by atoms with E-state index >= 15 is 0 Å². The fourth-order valence-corrected chi connectivity index (χ4v) is 3.35. The van der Waals surface area contributed by atoms with Crippen molar-refractivity contribution >= 4 is 5.91 Å². The van der Waals surface area contributed by atoms with E-state index in [1.54, 1.807) is 15.8 Å². The Labute approximate surface area is 149 Å². The molecule has 0 aliphatic carbocycles. The number of hydrogen-bond acceptors (Lipinski definition) is 5. The molecule has 8 heteroatoms. The number of morpholine rings is 1. The SMILES string of the molecule is O=C(c1nn(-c2ccccc2)c2c1COc1nccn1-2)N1CCOCC1. The first-order chi connectivity index (χ1) is 12.8. The molecular formula is C18H17N5O3. The third-order valence-corrected chi connectivity index (χ3v) is 4.64. The number of ether oxygens (including phenoxy) is 2. The first-order valence-electron chi connectivity index (χ1n) is 8.54. The van der Waals surface area contributed by atoms with E-state index in [-0.39, 0.29) is 12.5 Å². The van der Waals surface area contributed by atoms with E-state index < -0.39 is 0 Å². The average Bonchev–Trinajstić information content (AvgIpc) is 3.33. The van der Waals surface area contributed by atoms with Crippen LogP contribution in [0, 0.1) is 0 Å². The number of hydrogen-bond donors (Lipinski definition) is 0. The summed E-state index contributed by atoms with van der Waals surface area (Å²) < 4.78 is 14.7. The van der Waals surface area contributed by atoms with Gasteiger partial charge in [-0.05, 0) is 12.1 Å². The maximum absolute atomic E-state index is 13.1. The summed E-state index contributed by atoms with van der Waals surface area (Å²) in [5.41, 5.74) is 2.08. The highest BCUT2D eigenvalue weighted by atomic mass is 16.5. The molecule has 2 aromatic heterocycles. The van der Waals surface area contributed by atoms with Gasteiger partial charge in [0.1, 0.15) is 6.61 Å². The highest BCUT2D eigenvalue weighted by Gasteiger charge is 2.32. The van der Waals surface area contributed by atoms with E-state index in [0.29, 0.717) is 38.0 Å². The third-order valence-electron chi connectivity index (χ3n) is 4.64. The van der Waals surface area contributed by atoms with E-state index in [2.05, 4.69) is 10.1 Å². The molecule has 0 saturated carbocycles. The van der Waals surface area contributed by atoms with Crippen LogP contribution in [0.15, 0.2) is 42.7 Å². The summed E-state index contributed by atoms with van der Waals surface area (Å²) in [5.74, 6) is 0.706. The zero-order valence-corrected chi connectivity index (χ0v) is 14.0. The van der Waals surface area contributed by atoms with E-state index in [4.69, 9.17) is 9.47 Å². The molecule has 0 spiro atoms. The zero-order valence-electron chi connectivity index (χ0n) is 14.0. The van der Waals surface area contributed by atoms with Crippen molar-refractivity contribution in [2.45, 2.75) is 6.61 Å². The Morgan fingerprint density at radius 1 is 1.12 bits per heavy atom. The van der Waals surface area contributed by atoms with Gasteiger partial charge in [-0.3, -0.25) is 9.36 Å². The van der Waals surface area contributed by atoms with Crippen molar-refractivity contribution in [1.29, 1.82) is 0 Å². The third kappa shape index (κ3) is 2.30. The Kier molecular flexibility index (Phi) is 3.49. The van der Waals surface area contributed by atoms with E-state index in [1.165, 1.54) is 0 Å². The van der Waals surface area contributed by atoms with E-state index in [9.17, 15) is 4.79 Å². The van der Waals surface area contributed by atoms with Crippen LogP contribution in [0.4, 0.5) is 0 Å². The average molecular weight is 351 g/mol. The molecule has 4 heterocycles. The molecule has 2 aliphatic rings. The van der Waals surface area contributed by atoms with Gasteiger partial charge in [0.25, 0.3) is 5.91 Å². The fraction of sp³-hybridized carbons (Fsp3) is 0.278. The number of aromatic nitrogens is 4. The molecule has 5 rings (SSSR count). The van der Waals surface area contributed by atoms with Crippen LogP contribution in [0.1, 0.15) is 16.1 Å². The standard InChI is InChI=1S/C18H17N5O3/c24-17(21-8-10-25-11-9-21)15-14-12-26-18-19-6-7-22(18)16(14)23(20-15)13-4-2-1-3-5-13/h1-7H,8-12H2. The van der Waals surface area contributed by atoms with Crippen LogP contribution in [0.3, 0.4) is 0 Å². The molecular weight excluding hydrogens is 334 g/mol. The highest BCUT2D eigenvalue weighted by Crippen LogP contribution is 2.31. The summed E-state index contributed by atoms with van der Waals surface area (Å²) in [6.45, 7) is 2.52. The van der Waals surface area contributed by atoms with Crippen molar-refractivity contribution in [2.24, 2.45) is 0 Å². The van der Waals surface area contributed by atoms with Crippen molar-refractivity contribution < 1.29 is 14.3 Å². The minimum atomic E-state index is -0.0913. The fourth-order valence-electron chi connectivity index (χ4n) is 3.35. The van der Waals surface area contributed by atoms with Crippen molar-refractivity contribution in [3.8, 4) is 17.5 Å². The van der Waals surface area contributed by atoms with Crippen molar-refractivity contribution in [2.75, 3.05) is 26.3 Å². The normalized spacial score (nSPS) is 15.9. The Morgan fingerprint density at radius 3 is 2.73 bits per heavy atom. The van der Waals surface area contributed by atoms with Gasteiger partial charge in [-0.25, -0.2) is 9.67 Å². The smallest absolute Gasteiger partial charge is 0.302 e. The number of nitrogens with zero attached hydrogens (tertiary/aromatic N) is 5. The molecule has 1 amide bonds. The molecule has 8 nitrogen and oxygen atoms in total. The molecule has 2 aliphatic heterocycles. The second-order valence-corrected chi connectivity index (χ2v) is 6.17. The minimum Gasteiger partial charge on any atom is -0.459 e. The van der Waals surface area contributed by atoms with Crippen LogP contribution in [0.2, 0.25) is 0 Å². The lowest BCUT2D eigenvalue weighted by atomic mass is 10.2. The Balaban J connectivity index is 1.67. The van der Waals surface area contributed by atoms with Gasteiger partial charge in [-0.2, -0.15) is 5.10 Å². The van der Waals surface area contributed by atoms with Crippen LogP contribution in [-0.4, -0.2) is 56.4 Å². The van der Waals surface area contributed by atoms with Gasteiger partial charge < -0.3 is 14.4 Å². The lowest BCUT2D eigenvalue weighted by Crippen LogP contribution is -2.41. The summed E-state index contributed by atoms with van der Waals surface area (Å²) in [6.07, 6.45) is 3.49. The molecule has 0 radical (unpaired) electrons. The number of carbonyl (C=O) groups is 1. The molecule has 0 unspecified atom stereocenters. The Bertz CT molecular complexity index is 957. The van der Waals surface area contributed by atoms with Crippen molar-refractivity contribution in [3.05, 3.63) is 54.0 Å². The van der Waals surface area contributed by atoms with Gasteiger partial charge in [0.05, 0.1) is 24.5 Å². The van der Waals surface area contributed by atoms with Gasteiger partial charge in [-0.1, -0.05) is 18.2 Å². The first-order valence-corrected chi connectivity index (χ1v) is 8.54. The monoisotopic (exact) mass is 351 g/mol. The largest absolute Gasteiger partial charge is 0.459 e. The second-order valence-electron chi connectivity index (χ2n) is 6.17. The van der Waals surface area contributed by atoms with Crippen LogP contribution in [0.25, 0.3) is 11.5 Å². The summed E-state index contributed by atoms with van der Waals surface area (Å²) in [5, 5.41) is 4.67. The maximum Gasteiger partial charge on any atom is 0.302 e. The molecule has 132 valence electrons. The van der Waals surface area contributed by atoms with Crippen molar-refractivity contribution in [1.82, 2.24) is 24.2 Å². The Morgan fingerprint density at radius 2 is 1.92 bits per heavy atom. The molecule has 1 aromatic carbocycles. The summed E-state index contributed by atoms with van der Waals surface area (Å²) in [4.78, 5) is 19.1. The van der Waals surface area contributed by atoms with Crippen LogP contribution in [0.5, 0.6) is 6.01 Å². The lowest BCUT2D eigenvalue weighted by Gasteiger charge is -2.26. The predicted octanol–water partition coefficient (Wildman–Crippen LogP) is 1.42. The van der Waals surface area contributed by atoms with Gasteiger partial charge in [0.15, 0.2) is 11.5 Å². The molecule has 0 N–H and O–H groups in total. The molecule has 0 bridgehead atoms. The quantitative estimate of drug-likeness (QED) is 0.698. The summed E-state index contributed by atoms with van der Waals surface area (Å²) in [6, 6.07) is 10.3. The summed E-state index contributed by atoms with van der Waals surface area (Å²) >= 11 is 0. The first kappa shape index (κ1) is 15.2. The number of benzene rings is 1. The van der Waals surface area contributed by atoms with Crippen LogP contribution in [-0.2, 0) is 11.3 Å². The number of para-hydroxylation sites is 1. The maximum atomic E-state index is 13.1. The van der Waals surface area contributed by atoms with Gasteiger partial charge in [0.2, 0.25) is 0 Å². The topological polar surface area (TPSA) is 74.4 Å². The second kappa shape index (κ2) is 5.99. The number of rotatable bonds is 2. The molecule has 3 aromatic rings. The van der Waals surface area contributed by atoms with E-state index in [0.717, 1.165) is 17.1 Å². The van der Waals surface area contributed by atoms with Crippen LogP contribution < -0.4 is 4.74 Å². The summed E-state index contributed by atoms with van der Waals surface area (Å²) in [7, 11) is 0. The number of amides is 1. The van der Waals surface area contributed by atoms with E-state index in [1.807, 2.05) is 41.1 Å². The predicted molar refractivity (Wildman–Crippen MR) is 91.7 cm³/mol. The van der Waals surface area contributed by atoms with Gasteiger partial charge in [-0.15, -0.1) is 0 Å². The van der Waals surface area contributed by atoms with Gasteiger partial charge in [0, 0.05) is 25.5 Å².